The summed E-state index contributed by atoms with van der Waals surface area (Å²) in [5.74, 6) is 1.60. The average molecular weight is 351 g/mol. The van der Waals surface area contributed by atoms with Crippen LogP contribution >= 0.6 is 0 Å². The van der Waals surface area contributed by atoms with Crippen LogP contribution in [0.4, 0.5) is 0 Å². The first-order valence-electron chi connectivity index (χ1n) is 10.8. The lowest BCUT2D eigenvalue weighted by Crippen LogP contribution is -2.56. The Bertz CT molecular complexity index is 398. The van der Waals surface area contributed by atoms with Gasteiger partial charge in [-0.25, -0.2) is 0 Å². The molecule has 1 N–H and O–H groups in total. The summed E-state index contributed by atoms with van der Waals surface area (Å²) in [6.45, 7) is 5.93. The van der Waals surface area contributed by atoms with E-state index in [9.17, 15) is 4.79 Å². The molecule has 1 aliphatic heterocycles. The molecule has 1 heterocycles. The quantitative estimate of drug-likeness (QED) is 0.812. The predicted octanol–water partition coefficient (Wildman–Crippen LogP) is 4.09. The van der Waals surface area contributed by atoms with Crippen molar-refractivity contribution in [2.75, 3.05) is 13.2 Å². The van der Waals surface area contributed by atoms with E-state index >= 15 is 0 Å². The number of piperidine rings is 1. The van der Waals surface area contributed by atoms with Gasteiger partial charge < -0.3 is 9.64 Å². The van der Waals surface area contributed by atoms with Crippen molar-refractivity contribution in [2.45, 2.75) is 103 Å². The minimum absolute atomic E-state index is 0.220. The summed E-state index contributed by atoms with van der Waals surface area (Å²) in [6.07, 6.45) is 13.8. The van der Waals surface area contributed by atoms with E-state index in [1.807, 2.05) is 0 Å². The van der Waals surface area contributed by atoms with Gasteiger partial charge in [0.1, 0.15) is 6.61 Å². The normalized spacial score (nSPS) is 34.6. The number of ether oxygens (including phenoxy) is 1. The summed E-state index contributed by atoms with van der Waals surface area (Å²) in [5, 5.41) is 3.60. The lowest BCUT2D eigenvalue weighted by atomic mass is 9.81. The molecule has 0 aromatic rings. The van der Waals surface area contributed by atoms with Gasteiger partial charge in [-0.15, -0.1) is 0 Å². The van der Waals surface area contributed by atoms with Crippen LogP contribution in [0.2, 0.25) is 0 Å². The fraction of sp³-hybridized carbons (Fsp3) is 0.952. The van der Waals surface area contributed by atoms with E-state index < -0.39 is 0 Å². The fourth-order valence-electron chi connectivity index (χ4n) is 5.20. The molecule has 0 aromatic heterocycles. The Hall–Kier alpha value is -0.610. The Labute approximate surface area is 154 Å². The van der Waals surface area contributed by atoms with E-state index in [2.05, 4.69) is 24.1 Å². The van der Waals surface area contributed by atoms with E-state index in [1.54, 1.807) is 0 Å². The lowest BCUT2D eigenvalue weighted by molar-refractivity contribution is -0.148. The Morgan fingerprint density at radius 3 is 2.44 bits per heavy atom. The van der Waals surface area contributed by atoms with Gasteiger partial charge in [-0.3, -0.25) is 10.1 Å². The Morgan fingerprint density at radius 2 is 1.76 bits per heavy atom. The molecule has 0 bridgehead atoms. The number of rotatable bonds is 5. The zero-order valence-corrected chi connectivity index (χ0v) is 16.3. The number of hydrogen-bond acceptors (Lipinski definition) is 3. The zero-order chi connectivity index (χ0) is 17.6. The summed E-state index contributed by atoms with van der Waals surface area (Å²) >= 11 is 0. The second-order valence-corrected chi connectivity index (χ2v) is 8.80. The molecule has 3 aliphatic rings. The van der Waals surface area contributed by atoms with Crippen molar-refractivity contribution in [2.24, 2.45) is 11.8 Å². The van der Waals surface area contributed by atoms with Crippen molar-refractivity contribution in [1.82, 2.24) is 10.2 Å². The lowest BCUT2D eigenvalue weighted by Gasteiger charge is -2.42. The summed E-state index contributed by atoms with van der Waals surface area (Å²) in [6, 6.07) is 0.421. The van der Waals surface area contributed by atoms with Crippen LogP contribution in [-0.4, -0.2) is 42.3 Å². The molecule has 2 saturated carbocycles. The van der Waals surface area contributed by atoms with Crippen LogP contribution in [0.3, 0.4) is 0 Å². The number of nitrogens with one attached hydrogen (secondary N) is 1. The predicted molar refractivity (Wildman–Crippen MR) is 101 cm³/mol. The minimum atomic E-state index is 0.220. The van der Waals surface area contributed by atoms with Crippen molar-refractivity contribution in [3.05, 3.63) is 0 Å². The molecule has 4 heteroatoms. The highest BCUT2D eigenvalue weighted by Gasteiger charge is 2.33. The molecule has 2 aliphatic carbocycles. The molecule has 1 amide bonds. The smallest absolute Gasteiger partial charge is 0.250 e. The molecule has 3 fully saturated rings. The van der Waals surface area contributed by atoms with Crippen molar-refractivity contribution < 1.29 is 9.53 Å². The van der Waals surface area contributed by atoms with Gasteiger partial charge in [-0.05, 0) is 69.7 Å². The van der Waals surface area contributed by atoms with Crippen LogP contribution in [0.1, 0.15) is 84.5 Å². The van der Waals surface area contributed by atoms with Crippen LogP contribution in [0.15, 0.2) is 0 Å². The monoisotopic (exact) mass is 350 g/mol. The second-order valence-electron chi connectivity index (χ2n) is 8.80. The van der Waals surface area contributed by atoms with Crippen molar-refractivity contribution in [1.29, 1.82) is 0 Å². The van der Waals surface area contributed by atoms with Crippen molar-refractivity contribution in [3.63, 3.8) is 0 Å². The highest BCUT2D eigenvalue weighted by atomic mass is 16.5. The zero-order valence-electron chi connectivity index (χ0n) is 16.3. The molecule has 0 radical (unpaired) electrons. The van der Waals surface area contributed by atoms with E-state index in [4.69, 9.17) is 4.74 Å². The fourth-order valence-corrected chi connectivity index (χ4v) is 5.20. The van der Waals surface area contributed by atoms with E-state index in [-0.39, 0.29) is 24.8 Å². The molecule has 0 spiro atoms. The number of amides is 1. The Kier molecular flexibility index (Phi) is 7.18. The topological polar surface area (TPSA) is 41.6 Å². The standard InChI is InChI=1S/C21H38N2O2/c1-16-11-12-19(17(2)14-16)25-15-21(24)23(18-8-4-3-5-9-18)20-10-6-7-13-22-20/h16-20,22H,3-15H2,1-2H3. The van der Waals surface area contributed by atoms with Crippen LogP contribution in [-0.2, 0) is 9.53 Å². The van der Waals surface area contributed by atoms with Crippen LogP contribution in [0.5, 0.6) is 0 Å². The third kappa shape index (κ3) is 5.19. The number of hydrogen-bond donors (Lipinski definition) is 1. The molecule has 3 rings (SSSR count). The second kappa shape index (κ2) is 9.36. The van der Waals surface area contributed by atoms with Gasteiger partial charge in [-0.1, -0.05) is 33.1 Å². The maximum atomic E-state index is 13.1. The maximum Gasteiger partial charge on any atom is 0.250 e. The molecule has 25 heavy (non-hydrogen) atoms. The van der Waals surface area contributed by atoms with Gasteiger partial charge >= 0.3 is 0 Å². The molecule has 4 atom stereocenters. The Balaban J connectivity index is 1.58. The molecular formula is C21H38N2O2. The number of nitrogens with zero attached hydrogens (tertiary/aromatic N) is 1. The Morgan fingerprint density at radius 1 is 1.00 bits per heavy atom. The first kappa shape index (κ1) is 19.2. The molecule has 4 nitrogen and oxygen atoms in total. The first-order chi connectivity index (χ1) is 12.1. The van der Waals surface area contributed by atoms with E-state index in [0.717, 1.165) is 25.3 Å². The largest absolute Gasteiger partial charge is 0.368 e. The van der Waals surface area contributed by atoms with Crippen LogP contribution < -0.4 is 5.32 Å². The van der Waals surface area contributed by atoms with Gasteiger partial charge in [0.2, 0.25) is 5.91 Å². The summed E-state index contributed by atoms with van der Waals surface area (Å²) in [7, 11) is 0. The minimum Gasteiger partial charge on any atom is -0.368 e. The summed E-state index contributed by atoms with van der Waals surface area (Å²) < 4.78 is 6.15. The highest BCUT2D eigenvalue weighted by molar-refractivity contribution is 5.78. The maximum absolute atomic E-state index is 13.1. The molecule has 0 aromatic carbocycles. The summed E-state index contributed by atoms with van der Waals surface area (Å²) in [5.41, 5.74) is 0. The van der Waals surface area contributed by atoms with Gasteiger partial charge in [0.15, 0.2) is 0 Å². The van der Waals surface area contributed by atoms with E-state index in [1.165, 1.54) is 57.8 Å². The van der Waals surface area contributed by atoms with Gasteiger partial charge in [-0.2, -0.15) is 0 Å². The molecular weight excluding hydrogens is 312 g/mol. The summed E-state index contributed by atoms with van der Waals surface area (Å²) in [4.78, 5) is 15.3. The number of carbonyl (C=O) groups is 1. The SMILES string of the molecule is CC1CCC(OCC(=O)N(C2CCCCC2)C2CCCCN2)C(C)C1. The third-order valence-corrected chi connectivity index (χ3v) is 6.65. The molecule has 144 valence electrons. The van der Waals surface area contributed by atoms with Gasteiger partial charge in [0.05, 0.1) is 12.3 Å². The third-order valence-electron chi connectivity index (χ3n) is 6.65. The molecule has 4 unspecified atom stereocenters. The van der Waals surface area contributed by atoms with Gasteiger partial charge in [0.25, 0.3) is 0 Å². The first-order valence-corrected chi connectivity index (χ1v) is 10.8. The van der Waals surface area contributed by atoms with Crippen molar-refractivity contribution in [3.8, 4) is 0 Å². The van der Waals surface area contributed by atoms with Crippen LogP contribution in [0, 0.1) is 11.8 Å². The number of carbonyl (C=O) groups excluding carboxylic acids is 1. The van der Waals surface area contributed by atoms with E-state index in [0.29, 0.717) is 12.0 Å². The average Bonchev–Trinajstić information content (AvgIpc) is 2.63. The molecule has 1 saturated heterocycles. The van der Waals surface area contributed by atoms with Crippen LogP contribution in [0.25, 0.3) is 0 Å². The highest BCUT2D eigenvalue weighted by Crippen LogP contribution is 2.31. The van der Waals surface area contributed by atoms with Gasteiger partial charge in [0, 0.05) is 6.04 Å². The van der Waals surface area contributed by atoms with Crippen molar-refractivity contribution >= 4 is 5.91 Å².